The third kappa shape index (κ3) is 4.84. The Hall–Kier alpha value is -2.41. The first kappa shape index (κ1) is 24.3. The standard InChI is InChI=1S/C28H27ClN2O2S2/c1-28(2,3)18-11-14-21-23(15-18)35-25-24(21)26(33)31(20-7-5-4-6-8-20)27(30-25)34-16-22(32)17-9-12-19(29)13-10-17/h4-10,12-13,18H,11,14-16H2,1-3H3/t18-/m1/s1. The molecule has 0 saturated heterocycles. The van der Waals surface area contributed by atoms with Crippen LogP contribution in [-0.2, 0) is 12.8 Å². The lowest BCUT2D eigenvalue weighted by atomic mass is 9.72. The van der Waals surface area contributed by atoms with Gasteiger partial charge in [-0.2, -0.15) is 0 Å². The number of aromatic nitrogens is 2. The monoisotopic (exact) mass is 522 g/mol. The van der Waals surface area contributed by atoms with Crippen LogP contribution < -0.4 is 5.56 Å². The van der Waals surface area contributed by atoms with Crippen LogP contribution in [0.25, 0.3) is 15.9 Å². The highest BCUT2D eigenvalue weighted by atomic mass is 35.5. The van der Waals surface area contributed by atoms with Crippen LogP contribution >= 0.6 is 34.7 Å². The molecular formula is C28H27ClN2O2S2. The van der Waals surface area contributed by atoms with Crippen LogP contribution in [0.4, 0.5) is 0 Å². The number of para-hydroxylation sites is 1. The number of rotatable bonds is 5. The predicted molar refractivity (Wildman–Crippen MR) is 147 cm³/mol. The van der Waals surface area contributed by atoms with Crippen LogP contribution in [0.3, 0.4) is 0 Å². The summed E-state index contributed by atoms with van der Waals surface area (Å²) in [5.41, 5.74) is 2.71. The molecule has 0 fully saturated rings. The van der Waals surface area contributed by atoms with E-state index in [1.165, 1.54) is 22.2 Å². The van der Waals surface area contributed by atoms with E-state index in [0.29, 0.717) is 21.7 Å². The lowest BCUT2D eigenvalue weighted by Crippen LogP contribution is -2.27. The zero-order chi connectivity index (χ0) is 24.7. The molecule has 4 aromatic rings. The maximum atomic E-state index is 13.9. The summed E-state index contributed by atoms with van der Waals surface area (Å²) in [5, 5.41) is 1.88. The first-order chi connectivity index (χ1) is 16.7. The molecule has 180 valence electrons. The van der Waals surface area contributed by atoms with Crippen LogP contribution in [0.15, 0.2) is 64.5 Å². The lowest BCUT2D eigenvalue weighted by molar-refractivity contribution is 0.102. The van der Waals surface area contributed by atoms with Crippen molar-refractivity contribution in [2.75, 3.05) is 5.75 Å². The minimum Gasteiger partial charge on any atom is -0.293 e. The van der Waals surface area contributed by atoms with E-state index in [2.05, 4.69) is 20.8 Å². The molecule has 1 aliphatic carbocycles. The fraction of sp³-hybridized carbons (Fsp3) is 0.321. The molecule has 1 aliphatic rings. The van der Waals surface area contributed by atoms with Gasteiger partial charge in [0.1, 0.15) is 4.83 Å². The fourth-order valence-corrected chi connectivity index (χ4v) is 7.07. The van der Waals surface area contributed by atoms with E-state index >= 15 is 0 Å². The summed E-state index contributed by atoms with van der Waals surface area (Å²) >= 11 is 8.92. The van der Waals surface area contributed by atoms with E-state index < -0.39 is 0 Å². The predicted octanol–water partition coefficient (Wildman–Crippen LogP) is 7.23. The number of thiophene rings is 1. The van der Waals surface area contributed by atoms with Gasteiger partial charge in [-0.25, -0.2) is 4.98 Å². The second-order valence-electron chi connectivity index (χ2n) is 10.1. The average Bonchev–Trinajstić information content (AvgIpc) is 3.21. The van der Waals surface area contributed by atoms with Gasteiger partial charge in [0.2, 0.25) is 0 Å². The molecule has 5 rings (SSSR count). The molecule has 0 N–H and O–H groups in total. The fourth-order valence-electron chi connectivity index (χ4n) is 4.70. The van der Waals surface area contributed by atoms with E-state index in [-0.39, 0.29) is 22.5 Å². The average molecular weight is 523 g/mol. The number of Topliss-reactive ketones (excluding diaryl/α,β-unsaturated/α-hetero) is 1. The number of carbonyl (C=O) groups is 1. The highest BCUT2D eigenvalue weighted by Crippen LogP contribution is 2.42. The summed E-state index contributed by atoms with van der Waals surface area (Å²) in [6.45, 7) is 6.88. The van der Waals surface area contributed by atoms with Crippen molar-refractivity contribution >= 4 is 50.7 Å². The highest BCUT2D eigenvalue weighted by Gasteiger charge is 2.32. The second kappa shape index (κ2) is 9.57. The maximum Gasteiger partial charge on any atom is 0.267 e. The minimum absolute atomic E-state index is 0.0286. The summed E-state index contributed by atoms with van der Waals surface area (Å²) in [4.78, 5) is 33.8. The number of thioether (sulfide) groups is 1. The Morgan fingerprint density at radius 3 is 2.54 bits per heavy atom. The normalized spacial score (nSPS) is 15.8. The van der Waals surface area contributed by atoms with Gasteiger partial charge in [-0.1, -0.05) is 62.3 Å². The van der Waals surface area contributed by atoms with Crippen molar-refractivity contribution in [3.63, 3.8) is 0 Å². The van der Waals surface area contributed by atoms with Crippen LogP contribution in [0.1, 0.15) is 48.0 Å². The third-order valence-electron chi connectivity index (χ3n) is 6.79. The number of carbonyl (C=O) groups excluding carboxylic acids is 1. The molecule has 0 aliphatic heterocycles. The van der Waals surface area contributed by atoms with Crippen LogP contribution in [0.5, 0.6) is 0 Å². The molecule has 1 atom stereocenters. The first-order valence-corrected chi connectivity index (χ1v) is 13.9. The van der Waals surface area contributed by atoms with Gasteiger partial charge < -0.3 is 0 Å². The molecule has 7 heteroatoms. The van der Waals surface area contributed by atoms with Gasteiger partial charge in [-0.05, 0) is 72.6 Å². The van der Waals surface area contributed by atoms with Crippen LogP contribution in [0, 0.1) is 11.3 Å². The Bertz CT molecular complexity index is 1450. The molecule has 2 aromatic carbocycles. The van der Waals surface area contributed by atoms with E-state index in [1.807, 2.05) is 30.3 Å². The van der Waals surface area contributed by atoms with Gasteiger partial charge in [0.25, 0.3) is 5.56 Å². The second-order valence-corrected chi connectivity index (χ2v) is 12.5. The van der Waals surface area contributed by atoms with E-state index in [0.717, 1.165) is 35.2 Å². The number of halogens is 1. The molecule has 0 bridgehead atoms. The van der Waals surface area contributed by atoms with Gasteiger partial charge in [0.15, 0.2) is 10.9 Å². The third-order valence-corrected chi connectivity index (χ3v) is 9.13. The smallest absolute Gasteiger partial charge is 0.267 e. The zero-order valence-electron chi connectivity index (χ0n) is 20.0. The van der Waals surface area contributed by atoms with Gasteiger partial charge in [-0.3, -0.25) is 14.2 Å². The molecule has 0 radical (unpaired) electrons. The van der Waals surface area contributed by atoms with Gasteiger partial charge in [-0.15, -0.1) is 11.3 Å². The van der Waals surface area contributed by atoms with Crippen molar-refractivity contribution in [2.24, 2.45) is 11.3 Å². The molecule has 0 unspecified atom stereocenters. The maximum absolute atomic E-state index is 13.9. The van der Waals surface area contributed by atoms with Crippen molar-refractivity contribution in [1.82, 2.24) is 9.55 Å². The van der Waals surface area contributed by atoms with Crippen LogP contribution in [-0.4, -0.2) is 21.1 Å². The summed E-state index contributed by atoms with van der Waals surface area (Å²) < 4.78 is 1.67. The van der Waals surface area contributed by atoms with Gasteiger partial charge in [0.05, 0.1) is 16.8 Å². The Labute approximate surface area is 218 Å². The Kier molecular flexibility index (Phi) is 6.64. The zero-order valence-corrected chi connectivity index (χ0v) is 22.4. The Morgan fingerprint density at radius 1 is 1.14 bits per heavy atom. The first-order valence-electron chi connectivity index (χ1n) is 11.8. The van der Waals surface area contributed by atoms with Gasteiger partial charge in [0, 0.05) is 15.5 Å². The molecule has 0 amide bonds. The molecular weight excluding hydrogens is 496 g/mol. The molecule has 0 spiro atoms. The van der Waals surface area contributed by atoms with Crippen molar-refractivity contribution in [1.29, 1.82) is 0 Å². The summed E-state index contributed by atoms with van der Waals surface area (Å²) in [5.74, 6) is 0.744. The SMILES string of the molecule is CC(C)(C)[C@@H]1CCc2c(sc3nc(SCC(=O)c4ccc(Cl)cc4)n(-c4ccccc4)c(=O)c23)C1. The Morgan fingerprint density at radius 2 is 1.86 bits per heavy atom. The number of hydrogen-bond acceptors (Lipinski definition) is 5. The highest BCUT2D eigenvalue weighted by molar-refractivity contribution is 7.99. The minimum atomic E-state index is -0.0469. The molecule has 35 heavy (non-hydrogen) atoms. The largest absolute Gasteiger partial charge is 0.293 e. The van der Waals surface area contributed by atoms with Crippen molar-refractivity contribution < 1.29 is 4.79 Å². The number of fused-ring (bicyclic) bond motifs is 3. The number of ketones is 1. The Balaban J connectivity index is 1.57. The molecule has 0 saturated carbocycles. The van der Waals surface area contributed by atoms with Crippen molar-refractivity contribution in [2.45, 2.75) is 45.2 Å². The van der Waals surface area contributed by atoms with E-state index in [9.17, 15) is 9.59 Å². The van der Waals surface area contributed by atoms with E-state index in [4.69, 9.17) is 16.6 Å². The van der Waals surface area contributed by atoms with E-state index in [1.54, 1.807) is 40.2 Å². The molecule has 2 heterocycles. The summed E-state index contributed by atoms with van der Waals surface area (Å²) in [6, 6.07) is 16.5. The number of aryl methyl sites for hydroxylation is 1. The van der Waals surface area contributed by atoms with Gasteiger partial charge >= 0.3 is 0 Å². The van der Waals surface area contributed by atoms with Crippen molar-refractivity contribution in [3.05, 3.63) is 86.0 Å². The van der Waals surface area contributed by atoms with Crippen molar-refractivity contribution in [3.8, 4) is 5.69 Å². The topological polar surface area (TPSA) is 52.0 Å². The number of benzene rings is 2. The molecule has 4 nitrogen and oxygen atoms in total. The molecule has 2 aromatic heterocycles. The van der Waals surface area contributed by atoms with Crippen LogP contribution in [0.2, 0.25) is 5.02 Å². The summed E-state index contributed by atoms with van der Waals surface area (Å²) in [6.07, 6.45) is 2.98. The lowest BCUT2D eigenvalue weighted by Gasteiger charge is -2.33. The number of nitrogens with zero attached hydrogens (tertiary/aromatic N) is 2. The quantitative estimate of drug-likeness (QED) is 0.158. The summed E-state index contributed by atoms with van der Waals surface area (Å²) in [7, 11) is 0. The number of hydrogen-bond donors (Lipinski definition) is 0.